The number of rotatable bonds is 6. The molecule has 0 spiro atoms. The molecule has 2 heterocycles. The van der Waals surface area contributed by atoms with E-state index in [9.17, 15) is 36.3 Å². The van der Waals surface area contributed by atoms with Gasteiger partial charge in [0.05, 0.1) is 23.3 Å². The number of sulfone groups is 1. The highest BCUT2D eigenvalue weighted by Gasteiger charge is 2.43. The summed E-state index contributed by atoms with van der Waals surface area (Å²) >= 11 is 0. The number of halogens is 3. The number of amides is 1. The van der Waals surface area contributed by atoms with Crippen LogP contribution in [0.4, 0.5) is 18.9 Å². The highest BCUT2D eigenvalue weighted by Crippen LogP contribution is 2.38. The number of carbonyl (C=O) groups excluding carboxylic acids is 1. The summed E-state index contributed by atoms with van der Waals surface area (Å²) in [6.07, 6.45) is -3.98. The van der Waals surface area contributed by atoms with E-state index >= 15 is 0 Å². The van der Waals surface area contributed by atoms with E-state index < -0.39 is 44.8 Å². The molecule has 212 valence electrons. The molecule has 0 radical (unpaired) electrons. The van der Waals surface area contributed by atoms with Gasteiger partial charge in [-0.2, -0.15) is 18.3 Å². The lowest BCUT2D eigenvalue weighted by molar-refractivity contribution is -0.141. The van der Waals surface area contributed by atoms with Crippen LogP contribution >= 0.6 is 0 Å². The number of nitrogens with zero attached hydrogens (tertiary/aromatic N) is 3. The minimum atomic E-state index is -4.89. The Morgan fingerprint density at radius 3 is 2.34 bits per heavy atom. The second kappa shape index (κ2) is 10.1. The molecule has 0 saturated carbocycles. The van der Waals surface area contributed by atoms with Gasteiger partial charge in [-0.25, -0.2) is 17.9 Å². The highest BCUT2D eigenvalue weighted by molar-refractivity contribution is 7.90. The first-order valence-electron chi connectivity index (χ1n) is 12.1. The van der Waals surface area contributed by atoms with Crippen molar-refractivity contribution in [3.63, 3.8) is 0 Å². The van der Waals surface area contributed by atoms with Gasteiger partial charge in [-0.15, -0.1) is 0 Å². The average molecular weight is 586 g/mol. The number of hydrogen-bond donors (Lipinski definition) is 1. The van der Waals surface area contributed by atoms with Crippen LogP contribution in [-0.4, -0.2) is 55.1 Å². The number of methoxy groups -OCH3 is 1. The van der Waals surface area contributed by atoms with Gasteiger partial charge in [-0.05, 0) is 48.4 Å². The van der Waals surface area contributed by atoms with Crippen LogP contribution in [0, 0.1) is 0 Å². The van der Waals surface area contributed by atoms with Gasteiger partial charge in [0.2, 0.25) is 0 Å². The maximum atomic E-state index is 14.0. The van der Waals surface area contributed by atoms with E-state index in [0.29, 0.717) is 16.8 Å². The fourth-order valence-electron chi connectivity index (χ4n) is 4.86. The number of ether oxygens (including phenoxy) is 1. The SMILES string of the molecule is COc1ccc(-n2nc(C(F)(F)F)c3c2C(=O)N(c2ccc(-c4ccccc4S(C)(=O)=O)cc2)CC3)c(C(=O)O)c1. The van der Waals surface area contributed by atoms with E-state index in [1.807, 2.05) is 0 Å². The first-order valence-corrected chi connectivity index (χ1v) is 14.0. The van der Waals surface area contributed by atoms with Crippen LogP contribution in [0.1, 0.15) is 32.1 Å². The van der Waals surface area contributed by atoms with Gasteiger partial charge in [0, 0.05) is 29.6 Å². The van der Waals surface area contributed by atoms with Crippen LogP contribution in [0.2, 0.25) is 0 Å². The molecule has 5 rings (SSSR count). The molecule has 1 N–H and O–H groups in total. The molecule has 9 nitrogen and oxygen atoms in total. The van der Waals surface area contributed by atoms with Crippen molar-refractivity contribution in [2.75, 3.05) is 24.8 Å². The van der Waals surface area contributed by atoms with Gasteiger partial charge in [0.15, 0.2) is 15.5 Å². The van der Waals surface area contributed by atoms with Crippen molar-refractivity contribution in [2.45, 2.75) is 17.5 Å². The van der Waals surface area contributed by atoms with Crippen LogP contribution < -0.4 is 9.64 Å². The molecule has 1 amide bonds. The summed E-state index contributed by atoms with van der Waals surface area (Å²) in [5, 5.41) is 13.4. The fraction of sp³-hybridized carbons (Fsp3) is 0.179. The molecule has 0 unspecified atom stereocenters. The Balaban J connectivity index is 1.60. The summed E-state index contributed by atoms with van der Waals surface area (Å²) < 4.78 is 72.2. The van der Waals surface area contributed by atoms with Crippen LogP contribution in [0.5, 0.6) is 5.75 Å². The van der Waals surface area contributed by atoms with E-state index in [-0.39, 0.29) is 34.9 Å². The van der Waals surface area contributed by atoms with Gasteiger partial charge < -0.3 is 14.7 Å². The summed E-state index contributed by atoms with van der Waals surface area (Å²) in [5.41, 5.74) is -1.24. The normalized spacial score (nSPS) is 13.7. The van der Waals surface area contributed by atoms with Crippen molar-refractivity contribution < 1.29 is 41.0 Å². The molecule has 0 atom stereocenters. The van der Waals surface area contributed by atoms with Crippen LogP contribution in [0.15, 0.2) is 71.6 Å². The number of carboxylic acids is 1. The predicted molar refractivity (Wildman–Crippen MR) is 142 cm³/mol. The summed E-state index contributed by atoms with van der Waals surface area (Å²) in [6, 6.07) is 16.5. The molecule has 0 fully saturated rings. The van der Waals surface area contributed by atoms with E-state index in [4.69, 9.17) is 4.74 Å². The maximum absolute atomic E-state index is 14.0. The Bertz CT molecular complexity index is 1800. The van der Waals surface area contributed by atoms with Gasteiger partial charge in [0.25, 0.3) is 5.91 Å². The van der Waals surface area contributed by atoms with Crippen molar-refractivity contribution >= 4 is 27.4 Å². The van der Waals surface area contributed by atoms with Crippen molar-refractivity contribution in [3.8, 4) is 22.6 Å². The zero-order chi connectivity index (χ0) is 29.7. The summed E-state index contributed by atoms with van der Waals surface area (Å²) in [7, 11) is -2.22. The predicted octanol–water partition coefficient (Wildman–Crippen LogP) is 4.87. The number of hydrogen-bond acceptors (Lipinski definition) is 6. The third-order valence-corrected chi connectivity index (χ3v) is 7.88. The highest BCUT2D eigenvalue weighted by atomic mass is 32.2. The van der Waals surface area contributed by atoms with E-state index in [0.717, 1.165) is 17.0 Å². The largest absolute Gasteiger partial charge is 0.497 e. The first-order chi connectivity index (χ1) is 19.3. The maximum Gasteiger partial charge on any atom is 0.435 e. The van der Waals surface area contributed by atoms with Crippen LogP contribution in [0.3, 0.4) is 0 Å². The van der Waals surface area contributed by atoms with Gasteiger partial charge in [-0.3, -0.25) is 4.79 Å². The lowest BCUT2D eigenvalue weighted by atomic mass is 10.0. The zero-order valence-corrected chi connectivity index (χ0v) is 22.5. The number of fused-ring (bicyclic) bond motifs is 1. The fourth-order valence-corrected chi connectivity index (χ4v) is 5.77. The van der Waals surface area contributed by atoms with Gasteiger partial charge in [0.1, 0.15) is 11.4 Å². The molecule has 1 aliphatic rings. The Morgan fingerprint density at radius 1 is 1.05 bits per heavy atom. The Hall–Kier alpha value is -4.65. The smallest absolute Gasteiger partial charge is 0.435 e. The van der Waals surface area contributed by atoms with Crippen molar-refractivity contribution in [2.24, 2.45) is 0 Å². The topological polar surface area (TPSA) is 119 Å². The Morgan fingerprint density at radius 2 is 1.73 bits per heavy atom. The number of carbonyl (C=O) groups is 2. The van der Waals surface area contributed by atoms with Crippen molar-refractivity contribution in [1.82, 2.24) is 9.78 Å². The minimum Gasteiger partial charge on any atom is -0.497 e. The Labute approximate surface area is 232 Å². The van der Waals surface area contributed by atoms with E-state index in [1.54, 1.807) is 42.5 Å². The number of anilines is 1. The zero-order valence-electron chi connectivity index (χ0n) is 21.6. The summed E-state index contributed by atoms with van der Waals surface area (Å²) in [4.78, 5) is 27.1. The average Bonchev–Trinajstić information content (AvgIpc) is 3.34. The second-order valence-electron chi connectivity index (χ2n) is 9.30. The van der Waals surface area contributed by atoms with Crippen molar-refractivity contribution in [3.05, 3.63) is 89.2 Å². The lowest BCUT2D eigenvalue weighted by Crippen LogP contribution is -2.39. The van der Waals surface area contributed by atoms with E-state index in [1.165, 1.54) is 30.2 Å². The molecule has 0 bridgehead atoms. The summed E-state index contributed by atoms with van der Waals surface area (Å²) in [6.45, 7) is -0.0890. The standard InChI is InChI=1S/C28H22F3N3O6S/c1-40-18-11-12-22(21(15-18)27(36)37)34-24-20(25(32-34)28(29,30)31)13-14-33(26(24)35)17-9-7-16(8-10-17)19-5-3-4-6-23(19)41(2,38)39/h3-12,15H,13-14H2,1-2H3,(H,36,37). The molecule has 41 heavy (non-hydrogen) atoms. The van der Waals surface area contributed by atoms with Gasteiger partial charge >= 0.3 is 12.1 Å². The minimum absolute atomic E-state index is 0.0890. The monoisotopic (exact) mass is 585 g/mol. The number of alkyl halides is 3. The molecule has 0 saturated heterocycles. The number of aromatic nitrogens is 2. The Kier molecular flexibility index (Phi) is 6.85. The van der Waals surface area contributed by atoms with Crippen LogP contribution in [0.25, 0.3) is 16.8 Å². The molecular formula is C28H22F3N3O6S. The molecule has 1 aromatic heterocycles. The molecule has 13 heteroatoms. The van der Waals surface area contributed by atoms with Gasteiger partial charge in [-0.1, -0.05) is 30.3 Å². The lowest BCUT2D eigenvalue weighted by Gasteiger charge is -2.28. The summed E-state index contributed by atoms with van der Waals surface area (Å²) in [5.74, 6) is -2.08. The molecule has 0 aliphatic carbocycles. The molecular weight excluding hydrogens is 563 g/mol. The van der Waals surface area contributed by atoms with E-state index in [2.05, 4.69) is 5.10 Å². The quantitative estimate of drug-likeness (QED) is 0.343. The number of carboxylic acid groups (broad SMARTS) is 1. The van der Waals surface area contributed by atoms with Crippen molar-refractivity contribution in [1.29, 1.82) is 0 Å². The number of benzene rings is 3. The third-order valence-electron chi connectivity index (χ3n) is 6.72. The van der Waals surface area contributed by atoms with Crippen LogP contribution in [-0.2, 0) is 22.4 Å². The third kappa shape index (κ3) is 5.04. The molecule has 4 aromatic rings. The molecule has 1 aliphatic heterocycles. The number of aromatic carboxylic acids is 1. The molecule has 3 aromatic carbocycles. The first kappa shape index (κ1) is 27.9. The second-order valence-corrected chi connectivity index (χ2v) is 11.3.